The van der Waals surface area contributed by atoms with Crippen LogP contribution in [0.2, 0.25) is 0 Å². The smallest absolute Gasteiger partial charge is 0.243 e. The summed E-state index contributed by atoms with van der Waals surface area (Å²) in [5.74, 6) is -0.922. The van der Waals surface area contributed by atoms with Gasteiger partial charge in [-0.15, -0.1) is 0 Å². The second kappa shape index (κ2) is 7.40. The first kappa shape index (κ1) is 19.5. The zero-order valence-corrected chi connectivity index (χ0v) is 15.9. The number of nitrogens with zero attached hydrogens (tertiary/aromatic N) is 2. The number of hydrogen-bond acceptors (Lipinski definition) is 6. The number of sulfonamides is 1. The molecule has 0 radical (unpaired) electrons. The average Bonchev–Trinajstić information content (AvgIpc) is 2.92. The third-order valence-electron chi connectivity index (χ3n) is 4.41. The van der Waals surface area contributed by atoms with Crippen molar-refractivity contribution in [2.75, 3.05) is 11.5 Å². The fourth-order valence-corrected chi connectivity index (χ4v) is 6.67. The number of sulfone groups is 1. The zero-order chi connectivity index (χ0) is 19.7. The van der Waals surface area contributed by atoms with Crippen LogP contribution in [0.4, 0.5) is 0 Å². The molecule has 0 aliphatic carbocycles. The molecule has 1 saturated heterocycles. The summed E-state index contributed by atoms with van der Waals surface area (Å²) in [5.41, 5.74) is 0.837. The first-order chi connectivity index (χ1) is 12.7. The Hall–Kier alpha value is -2.25. The van der Waals surface area contributed by atoms with Gasteiger partial charge in [0.2, 0.25) is 10.0 Å². The molecule has 2 aromatic carbocycles. The fraction of sp³-hybridized carbons (Fsp3) is 0.278. The molecule has 27 heavy (non-hydrogen) atoms. The van der Waals surface area contributed by atoms with E-state index in [-0.39, 0.29) is 17.0 Å². The summed E-state index contributed by atoms with van der Waals surface area (Å²) in [4.78, 5) is -0.117. The minimum atomic E-state index is -4.14. The van der Waals surface area contributed by atoms with Gasteiger partial charge in [-0.1, -0.05) is 36.4 Å². The highest BCUT2D eigenvalue weighted by molar-refractivity contribution is 7.92. The normalized spacial score (nSPS) is 21.8. The summed E-state index contributed by atoms with van der Waals surface area (Å²) in [6.45, 7) is -0.0861. The summed E-state index contributed by atoms with van der Waals surface area (Å²) in [6.07, 6.45) is -1.31. The monoisotopic (exact) mass is 406 g/mol. The average molecular weight is 406 g/mol. The number of rotatable bonds is 5. The van der Waals surface area contributed by atoms with Gasteiger partial charge in [-0.2, -0.15) is 9.57 Å². The summed E-state index contributed by atoms with van der Waals surface area (Å²) in [6, 6.07) is 15.1. The second-order valence-corrected chi connectivity index (χ2v) is 10.4. The Bertz CT molecular complexity index is 1080. The molecule has 0 unspecified atom stereocenters. The minimum Gasteiger partial charge on any atom is -0.390 e. The fourth-order valence-electron chi connectivity index (χ4n) is 3.09. The molecule has 7 nitrogen and oxygen atoms in total. The van der Waals surface area contributed by atoms with Crippen LogP contribution in [0, 0.1) is 11.3 Å². The van der Waals surface area contributed by atoms with Gasteiger partial charge in [0.1, 0.15) is 0 Å². The van der Waals surface area contributed by atoms with Gasteiger partial charge < -0.3 is 5.11 Å². The molecule has 0 aromatic heterocycles. The van der Waals surface area contributed by atoms with Crippen molar-refractivity contribution in [2.45, 2.75) is 23.6 Å². The van der Waals surface area contributed by atoms with Crippen LogP contribution in [0.3, 0.4) is 0 Å². The molecule has 2 aromatic rings. The first-order valence-electron chi connectivity index (χ1n) is 8.17. The lowest BCUT2D eigenvalue weighted by Crippen LogP contribution is -2.46. The Labute approximate surface area is 158 Å². The predicted molar refractivity (Wildman–Crippen MR) is 98.8 cm³/mol. The van der Waals surface area contributed by atoms with E-state index in [1.807, 2.05) is 6.07 Å². The Kier molecular flexibility index (Phi) is 5.35. The zero-order valence-electron chi connectivity index (χ0n) is 14.3. The molecule has 0 amide bonds. The minimum absolute atomic E-state index is 0.0861. The summed E-state index contributed by atoms with van der Waals surface area (Å²) in [5, 5.41) is 19.3. The summed E-state index contributed by atoms with van der Waals surface area (Å²) >= 11 is 0. The van der Waals surface area contributed by atoms with Crippen molar-refractivity contribution in [1.29, 1.82) is 5.26 Å². The lowest BCUT2D eigenvalue weighted by Gasteiger charge is -2.29. The van der Waals surface area contributed by atoms with Crippen molar-refractivity contribution in [2.24, 2.45) is 0 Å². The van der Waals surface area contributed by atoms with Crippen LogP contribution in [-0.2, 0) is 26.4 Å². The van der Waals surface area contributed by atoms with Crippen molar-refractivity contribution in [1.82, 2.24) is 4.31 Å². The topological polar surface area (TPSA) is 116 Å². The first-order valence-corrected chi connectivity index (χ1v) is 11.4. The van der Waals surface area contributed by atoms with E-state index in [0.29, 0.717) is 5.56 Å². The predicted octanol–water partition coefficient (Wildman–Crippen LogP) is 0.907. The van der Waals surface area contributed by atoms with Crippen LogP contribution < -0.4 is 0 Å². The van der Waals surface area contributed by atoms with Crippen molar-refractivity contribution < 1.29 is 21.9 Å². The van der Waals surface area contributed by atoms with E-state index in [4.69, 9.17) is 5.26 Å². The van der Waals surface area contributed by atoms with E-state index in [0.717, 1.165) is 4.31 Å². The standard InChI is InChI=1S/C18H18N2O5S2/c19-10-15-7-4-8-16(9-15)27(24,25)20(11-14-5-2-1-3-6-14)17-12-26(22,23)13-18(17)21/h1-9,17-18,21H,11-13H2/t17-,18-/m0/s1. The highest BCUT2D eigenvalue weighted by Gasteiger charge is 2.44. The molecule has 1 aliphatic heterocycles. The molecule has 0 spiro atoms. The number of aliphatic hydroxyl groups excluding tert-OH is 1. The Morgan fingerprint density at radius 3 is 2.41 bits per heavy atom. The van der Waals surface area contributed by atoms with Gasteiger partial charge in [-0.3, -0.25) is 0 Å². The maximum absolute atomic E-state index is 13.3. The number of nitriles is 1. The molecule has 0 bridgehead atoms. The molecular weight excluding hydrogens is 388 g/mol. The molecule has 1 aliphatic rings. The number of hydrogen-bond donors (Lipinski definition) is 1. The van der Waals surface area contributed by atoms with Gasteiger partial charge in [0.25, 0.3) is 0 Å². The van der Waals surface area contributed by atoms with E-state index in [1.165, 1.54) is 24.3 Å². The maximum atomic E-state index is 13.3. The molecule has 9 heteroatoms. The van der Waals surface area contributed by atoms with Crippen LogP contribution >= 0.6 is 0 Å². The summed E-state index contributed by atoms with van der Waals surface area (Å²) in [7, 11) is -7.69. The van der Waals surface area contributed by atoms with Crippen molar-refractivity contribution in [3.8, 4) is 6.07 Å². The SMILES string of the molecule is N#Cc1cccc(S(=O)(=O)N(Cc2ccccc2)[C@H]2CS(=O)(=O)C[C@@H]2O)c1. The van der Waals surface area contributed by atoms with Gasteiger partial charge in [-0.05, 0) is 23.8 Å². The van der Waals surface area contributed by atoms with E-state index in [1.54, 1.807) is 30.3 Å². The van der Waals surface area contributed by atoms with Crippen LogP contribution in [0.15, 0.2) is 59.5 Å². The lowest BCUT2D eigenvalue weighted by molar-refractivity contribution is 0.125. The second-order valence-electron chi connectivity index (χ2n) is 6.39. The van der Waals surface area contributed by atoms with Crippen LogP contribution in [0.1, 0.15) is 11.1 Å². The largest absolute Gasteiger partial charge is 0.390 e. The maximum Gasteiger partial charge on any atom is 0.243 e. The van der Waals surface area contributed by atoms with E-state index < -0.39 is 43.5 Å². The molecule has 1 heterocycles. The highest BCUT2D eigenvalue weighted by Crippen LogP contribution is 2.27. The van der Waals surface area contributed by atoms with Crippen molar-refractivity contribution in [3.05, 3.63) is 65.7 Å². The van der Waals surface area contributed by atoms with Gasteiger partial charge in [0.05, 0.1) is 40.2 Å². The molecule has 0 saturated carbocycles. The van der Waals surface area contributed by atoms with Crippen LogP contribution in [-0.4, -0.2) is 49.9 Å². The highest BCUT2D eigenvalue weighted by atomic mass is 32.2. The summed E-state index contributed by atoms with van der Waals surface area (Å²) < 4.78 is 51.4. The molecule has 3 rings (SSSR count). The van der Waals surface area contributed by atoms with Crippen LogP contribution in [0.25, 0.3) is 0 Å². The van der Waals surface area contributed by atoms with Gasteiger partial charge in [0.15, 0.2) is 9.84 Å². The Morgan fingerprint density at radius 1 is 1.11 bits per heavy atom. The Balaban J connectivity index is 2.07. The molecule has 1 N–H and O–H groups in total. The van der Waals surface area contributed by atoms with Gasteiger partial charge in [-0.25, -0.2) is 16.8 Å². The molecule has 1 fully saturated rings. The third kappa shape index (κ3) is 4.20. The van der Waals surface area contributed by atoms with Gasteiger partial charge in [0, 0.05) is 6.54 Å². The van der Waals surface area contributed by atoms with Crippen molar-refractivity contribution in [3.63, 3.8) is 0 Å². The van der Waals surface area contributed by atoms with Crippen molar-refractivity contribution >= 4 is 19.9 Å². The third-order valence-corrected chi connectivity index (χ3v) is 7.98. The quantitative estimate of drug-likeness (QED) is 0.789. The Morgan fingerprint density at radius 2 is 1.81 bits per heavy atom. The van der Waals surface area contributed by atoms with E-state index >= 15 is 0 Å². The van der Waals surface area contributed by atoms with Crippen LogP contribution in [0.5, 0.6) is 0 Å². The lowest BCUT2D eigenvalue weighted by atomic mass is 10.2. The van der Waals surface area contributed by atoms with E-state index in [9.17, 15) is 21.9 Å². The van der Waals surface area contributed by atoms with Gasteiger partial charge >= 0.3 is 0 Å². The molecule has 142 valence electrons. The number of aliphatic hydroxyl groups is 1. The molecular formula is C18H18N2O5S2. The van der Waals surface area contributed by atoms with E-state index in [2.05, 4.69) is 0 Å². The number of benzene rings is 2. The molecule has 2 atom stereocenters.